The number of aliphatic carboxylic acids is 2. The van der Waals surface area contributed by atoms with Crippen LogP contribution in [-0.4, -0.2) is 101 Å². The lowest BCUT2D eigenvalue weighted by molar-refractivity contribution is -0.140. The summed E-state index contributed by atoms with van der Waals surface area (Å²) in [6.45, 7) is 12.4. The van der Waals surface area contributed by atoms with E-state index in [0.29, 0.717) is 48.7 Å². The van der Waals surface area contributed by atoms with Crippen LogP contribution in [0.5, 0.6) is 34.5 Å². The first-order chi connectivity index (χ1) is 33.0. The molecule has 0 bridgehead atoms. The fraction of sp³-hybridized carbons (Fsp3) is 0.404. The molecule has 4 aromatic carbocycles. The average molecular weight is 1920 g/mol. The molecule has 2 aliphatic heterocycles. The van der Waals surface area contributed by atoms with E-state index in [1.165, 1.54) is 0 Å². The summed E-state index contributed by atoms with van der Waals surface area (Å²) in [6.07, 6.45) is -0.757. The maximum atomic E-state index is 12.1. The van der Waals surface area contributed by atoms with E-state index in [1.807, 2.05) is 69.4 Å². The minimum atomic E-state index is -1.15. The highest BCUT2D eigenvalue weighted by molar-refractivity contribution is 14.1. The van der Waals surface area contributed by atoms with Gasteiger partial charge in [-0.1, -0.05) is 7.43 Å². The summed E-state index contributed by atoms with van der Waals surface area (Å²) in [6, 6.07) is 12.3. The molecule has 2 aliphatic rings. The van der Waals surface area contributed by atoms with Gasteiger partial charge in [0, 0.05) is 27.1 Å². The summed E-state index contributed by atoms with van der Waals surface area (Å²) in [7, 11) is 0. The van der Waals surface area contributed by atoms with Crippen LogP contribution in [0.4, 0.5) is 9.59 Å². The molecule has 2 amide bonds. The number of hydrogen-bond donors (Lipinski definition) is 5. The summed E-state index contributed by atoms with van der Waals surface area (Å²) in [5, 5.41) is 34.0. The topological polar surface area (TPSA) is 224 Å². The zero-order valence-corrected chi connectivity index (χ0v) is 56.4. The number of benzene rings is 4. The Morgan fingerprint density at radius 1 is 0.597 bits per heavy atom. The van der Waals surface area contributed by atoms with Gasteiger partial charge >= 0.3 is 24.1 Å². The quantitative estimate of drug-likeness (QED) is 0.0400. The zero-order valence-electron chi connectivity index (χ0n) is 38.4. The Balaban J connectivity index is 0.000000343. The fourth-order valence-corrected chi connectivity index (χ4v) is 13.7. The second kappa shape index (κ2) is 30.1. The molecule has 0 aromatic heterocycles. The van der Waals surface area contributed by atoms with Crippen molar-refractivity contribution in [3.05, 3.63) is 88.2 Å². The number of carbonyl (C=O) groups excluding carboxylic acids is 2. The monoisotopic (exact) mass is 1920 g/mol. The number of amides is 2. The number of carboxylic acids is 2. The summed E-state index contributed by atoms with van der Waals surface area (Å²) in [5.74, 6) is 1.87. The molecule has 4 aromatic rings. The minimum Gasteiger partial charge on any atom is -0.506 e. The third-order valence-corrected chi connectivity index (χ3v) is 16.3. The molecule has 72 heavy (non-hydrogen) atoms. The molecule has 2 fully saturated rings. The Hall–Kier alpha value is -0.390. The SMILES string of the molecule is C.CC(C)(C)OC(=O)NC(Cc1c(I)cc(Oc2cc(I)c(O)c(I)c2)cc1I)C(=O)O.CC(C)(C)OC(=O)NC(Cc1c(I)cc(Oc2cc(I)c(OCC3CO3)c(I)c2)cc1I)C(=O)O.ClCC1CO1. The number of alkyl halides is 1. The molecule has 4 atom stereocenters. The first kappa shape index (κ1) is 65.9. The highest BCUT2D eigenvalue weighted by Crippen LogP contribution is 2.37. The third kappa shape index (κ3) is 23.3. The number of rotatable bonds is 16. The van der Waals surface area contributed by atoms with Crippen molar-refractivity contribution in [1.29, 1.82) is 0 Å². The molecule has 0 spiro atoms. The molecule has 2 saturated heterocycles. The predicted octanol–water partition coefficient (Wildman–Crippen LogP) is 13.6. The number of halogens is 9. The molecule has 0 saturated carbocycles. The number of hydrogen-bond acceptors (Lipinski definition) is 12. The summed E-state index contributed by atoms with van der Waals surface area (Å²) < 4.78 is 44.7. The number of aromatic hydroxyl groups is 1. The molecule has 16 nitrogen and oxygen atoms in total. The van der Waals surface area contributed by atoms with Gasteiger partial charge in [-0.25, -0.2) is 19.2 Å². The van der Waals surface area contributed by atoms with E-state index in [4.69, 9.17) is 44.8 Å². The third-order valence-electron chi connectivity index (χ3n) is 8.85. The molecule has 0 aliphatic carbocycles. The maximum absolute atomic E-state index is 12.1. The van der Waals surface area contributed by atoms with Crippen LogP contribution in [0.3, 0.4) is 0 Å². The number of carbonyl (C=O) groups is 4. The van der Waals surface area contributed by atoms with E-state index in [1.54, 1.807) is 65.8 Å². The molecular formula is C47H51ClI8N2O14. The largest absolute Gasteiger partial charge is 0.506 e. The molecule has 396 valence electrons. The van der Waals surface area contributed by atoms with Crippen LogP contribution in [0.25, 0.3) is 0 Å². The standard InChI is InChI=1S/C23H23I4NO7.C20H19I4NO6.C3H5ClO.CH4/c1-23(2,3)35-22(31)28-19(21(29)30)8-14-15(24)4-11(5-16(14)25)34-12-6-17(26)20(18(27)7-12)33-10-13-9-32-13;1-20(2,3)31-19(29)25-16(18(27)28)8-11-12(21)4-9(5-13(11)22)30-10-6-14(23)17(26)15(24)7-10;4-1-3-2-5-3;/h4-7,13,19H,8-10H2,1-3H3,(H,28,31)(H,29,30);4-7,16,26H,8H2,1-3H3,(H,25,29)(H,27,28);3H,1-2H2;1H4. The van der Waals surface area contributed by atoms with E-state index in [-0.39, 0.29) is 32.1 Å². The normalized spacial score (nSPS) is 15.3. The molecule has 2 heterocycles. The minimum absolute atomic E-state index is 0. The van der Waals surface area contributed by atoms with Crippen molar-refractivity contribution in [2.24, 2.45) is 0 Å². The lowest BCUT2D eigenvalue weighted by atomic mass is 10.1. The zero-order chi connectivity index (χ0) is 53.1. The number of ether oxygens (including phenoxy) is 7. The second-order valence-corrected chi connectivity index (χ2v) is 26.9. The van der Waals surface area contributed by atoms with Gasteiger partial charge in [-0.05, 0) is 282 Å². The van der Waals surface area contributed by atoms with E-state index in [9.17, 15) is 34.5 Å². The van der Waals surface area contributed by atoms with Crippen LogP contribution in [-0.2, 0) is 41.4 Å². The van der Waals surface area contributed by atoms with Gasteiger partial charge in [-0.2, -0.15) is 0 Å². The van der Waals surface area contributed by atoms with Crippen LogP contribution in [0, 0.1) is 28.6 Å². The highest BCUT2D eigenvalue weighted by atomic mass is 127. The number of carboxylic acid groups (broad SMARTS) is 2. The van der Waals surface area contributed by atoms with Crippen molar-refractivity contribution >= 4 is 216 Å². The van der Waals surface area contributed by atoms with Gasteiger partial charge in [-0.3, -0.25) is 0 Å². The van der Waals surface area contributed by atoms with E-state index in [0.717, 1.165) is 51.5 Å². The van der Waals surface area contributed by atoms with Crippen LogP contribution >= 0.6 is 192 Å². The maximum Gasteiger partial charge on any atom is 0.408 e. The van der Waals surface area contributed by atoms with Gasteiger partial charge < -0.3 is 59.1 Å². The predicted molar refractivity (Wildman–Crippen MR) is 341 cm³/mol. The van der Waals surface area contributed by atoms with Crippen molar-refractivity contribution in [2.75, 3.05) is 25.7 Å². The van der Waals surface area contributed by atoms with E-state index in [2.05, 4.69) is 146 Å². The van der Waals surface area contributed by atoms with Crippen LogP contribution in [0.1, 0.15) is 60.1 Å². The lowest BCUT2D eigenvalue weighted by Gasteiger charge is -2.22. The van der Waals surface area contributed by atoms with Gasteiger partial charge in [0.05, 0.1) is 39.5 Å². The number of phenolic OH excluding ortho intramolecular Hbond substituents is 1. The Kier molecular flexibility index (Phi) is 27.5. The Labute approximate surface area is 532 Å². The van der Waals surface area contributed by atoms with Crippen LogP contribution < -0.4 is 24.8 Å². The van der Waals surface area contributed by atoms with Crippen molar-refractivity contribution in [1.82, 2.24) is 10.6 Å². The highest BCUT2D eigenvalue weighted by Gasteiger charge is 2.29. The van der Waals surface area contributed by atoms with Crippen molar-refractivity contribution in [3.8, 4) is 34.5 Å². The lowest BCUT2D eigenvalue weighted by Crippen LogP contribution is -2.44. The first-order valence-electron chi connectivity index (χ1n) is 20.9. The Morgan fingerprint density at radius 2 is 0.903 bits per heavy atom. The summed E-state index contributed by atoms with van der Waals surface area (Å²) in [5.41, 5.74) is 0.142. The van der Waals surface area contributed by atoms with Crippen molar-refractivity contribution < 1.29 is 67.7 Å². The van der Waals surface area contributed by atoms with Gasteiger partial charge in [0.2, 0.25) is 0 Å². The molecule has 4 unspecified atom stereocenters. The second-order valence-electron chi connectivity index (χ2n) is 17.2. The number of alkyl carbamates (subject to hydrolysis) is 2. The summed E-state index contributed by atoms with van der Waals surface area (Å²) >= 11 is 22.3. The average Bonchev–Trinajstić information content (AvgIpc) is 4.17. The van der Waals surface area contributed by atoms with Crippen molar-refractivity contribution in [2.45, 2.75) is 97.3 Å². The summed E-state index contributed by atoms with van der Waals surface area (Å²) in [4.78, 5) is 47.6. The number of nitrogens with one attached hydrogen (secondary N) is 2. The first-order valence-corrected chi connectivity index (χ1v) is 30.0. The van der Waals surface area contributed by atoms with Gasteiger partial charge in [0.1, 0.15) is 70.5 Å². The van der Waals surface area contributed by atoms with E-state index >= 15 is 0 Å². The Morgan fingerprint density at radius 3 is 1.17 bits per heavy atom. The molecule has 6 rings (SSSR count). The number of phenols is 1. The molecular weight excluding hydrogens is 1870 g/mol. The van der Waals surface area contributed by atoms with Gasteiger partial charge in [0.15, 0.2) is 0 Å². The van der Waals surface area contributed by atoms with E-state index < -0.39 is 47.4 Å². The fourth-order valence-electron chi connectivity index (χ4n) is 5.48. The number of epoxide rings is 2. The van der Waals surface area contributed by atoms with Gasteiger partial charge in [-0.15, -0.1) is 11.6 Å². The molecule has 0 radical (unpaired) electrons. The smallest absolute Gasteiger partial charge is 0.408 e. The van der Waals surface area contributed by atoms with Gasteiger partial charge in [0.25, 0.3) is 0 Å². The van der Waals surface area contributed by atoms with Crippen LogP contribution in [0.2, 0.25) is 0 Å². The van der Waals surface area contributed by atoms with Crippen molar-refractivity contribution in [3.63, 3.8) is 0 Å². The molecule has 25 heteroatoms. The Bertz CT molecular complexity index is 2480. The van der Waals surface area contributed by atoms with Crippen LogP contribution in [0.15, 0.2) is 48.5 Å². The molecule has 5 N–H and O–H groups in total.